The van der Waals surface area contributed by atoms with Crippen LogP contribution in [0.2, 0.25) is 10.0 Å². The van der Waals surface area contributed by atoms with E-state index in [1.165, 1.54) is 7.11 Å². The van der Waals surface area contributed by atoms with Crippen LogP contribution in [0.1, 0.15) is 23.4 Å². The fraction of sp³-hybridized carbons (Fsp3) is 0.286. The first kappa shape index (κ1) is 14.9. The van der Waals surface area contributed by atoms with Gasteiger partial charge >= 0.3 is 0 Å². The van der Waals surface area contributed by atoms with Gasteiger partial charge in [-0.15, -0.1) is 0 Å². The SMILES string of the molecule is CO/N=C(\CCc1cc(C)on1)c1ccc(Cl)c(Cl)c1. The molecule has 106 valence electrons. The van der Waals surface area contributed by atoms with E-state index in [0.717, 1.165) is 22.7 Å². The minimum atomic E-state index is 0.491. The highest BCUT2D eigenvalue weighted by molar-refractivity contribution is 6.42. The van der Waals surface area contributed by atoms with E-state index in [9.17, 15) is 0 Å². The number of nitrogens with zero attached hydrogens (tertiary/aromatic N) is 2. The highest BCUT2D eigenvalue weighted by Gasteiger charge is 2.09. The molecule has 0 amide bonds. The lowest BCUT2D eigenvalue weighted by Gasteiger charge is -2.06. The molecule has 0 saturated carbocycles. The summed E-state index contributed by atoms with van der Waals surface area (Å²) in [5.74, 6) is 0.791. The number of halogens is 2. The third kappa shape index (κ3) is 3.74. The number of aromatic nitrogens is 1. The molecule has 2 aromatic rings. The Labute approximate surface area is 127 Å². The minimum Gasteiger partial charge on any atom is -0.399 e. The van der Waals surface area contributed by atoms with Crippen molar-refractivity contribution in [1.82, 2.24) is 5.16 Å². The van der Waals surface area contributed by atoms with Crippen LogP contribution in [0, 0.1) is 6.92 Å². The van der Waals surface area contributed by atoms with Crippen molar-refractivity contribution in [3.63, 3.8) is 0 Å². The maximum Gasteiger partial charge on any atom is 0.133 e. The van der Waals surface area contributed by atoms with Crippen molar-refractivity contribution in [2.45, 2.75) is 19.8 Å². The number of hydrogen-bond donors (Lipinski definition) is 0. The summed E-state index contributed by atoms with van der Waals surface area (Å²) in [4.78, 5) is 4.89. The molecular weight excluding hydrogens is 299 g/mol. The first-order valence-corrected chi connectivity index (χ1v) is 6.83. The van der Waals surface area contributed by atoms with E-state index < -0.39 is 0 Å². The van der Waals surface area contributed by atoms with Crippen LogP contribution in [0.4, 0.5) is 0 Å². The Balaban J connectivity index is 2.14. The van der Waals surface area contributed by atoms with Gasteiger partial charge in [0.05, 0.1) is 21.5 Å². The second kappa shape index (κ2) is 6.77. The summed E-state index contributed by atoms with van der Waals surface area (Å²) < 4.78 is 5.04. The lowest BCUT2D eigenvalue weighted by molar-refractivity contribution is 0.213. The van der Waals surface area contributed by atoms with Crippen molar-refractivity contribution in [2.75, 3.05) is 7.11 Å². The van der Waals surface area contributed by atoms with Gasteiger partial charge in [0, 0.05) is 11.6 Å². The molecule has 0 aliphatic rings. The van der Waals surface area contributed by atoms with Crippen molar-refractivity contribution in [1.29, 1.82) is 0 Å². The molecule has 1 aromatic heterocycles. The van der Waals surface area contributed by atoms with Crippen LogP contribution in [-0.2, 0) is 11.3 Å². The van der Waals surface area contributed by atoms with Crippen molar-refractivity contribution >= 4 is 28.9 Å². The summed E-state index contributed by atoms with van der Waals surface area (Å²) in [5.41, 5.74) is 2.54. The maximum atomic E-state index is 6.02. The van der Waals surface area contributed by atoms with Gasteiger partial charge in [0.15, 0.2) is 0 Å². The largest absolute Gasteiger partial charge is 0.399 e. The average molecular weight is 313 g/mol. The Hall–Kier alpha value is -1.52. The normalized spacial score (nSPS) is 11.7. The third-order valence-electron chi connectivity index (χ3n) is 2.75. The molecule has 0 aliphatic carbocycles. The van der Waals surface area contributed by atoms with E-state index in [-0.39, 0.29) is 0 Å². The minimum absolute atomic E-state index is 0.491. The molecule has 0 aliphatic heterocycles. The Kier molecular flexibility index (Phi) is 5.04. The molecule has 1 heterocycles. The molecule has 0 spiro atoms. The predicted octanol–water partition coefficient (Wildman–Crippen LogP) is 4.27. The van der Waals surface area contributed by atoms with E-state index in [2.05, 4.69) is 10.3 Å². The molecule has 0 saturated heterocycles. The Morgan fingerprint density at radius 1 is 1.30 bits per heavy atom. The monoisotopic (exact) mass is 312 g/mol. The van der Waals surface area contributed by atoms with Crippen molar-refractivity contribution in [2.24, 2.45) is 5.16 Å². The van der Waals surface area contributed by atoms with Gasteiger partial charge in [-0.1, -0.05) is 39.6 Å². The lowest BCUT2D eigenvalue weighted by Crippen LogP contribution is -2.04. The Morgan fingerprint density at radius 3 is 2.70 bits per heavy atom. The zero-order chi connectivity index (χ0) is 14.5. The second-order valence-electron chi connectivity index (χ2n) is 4.28. The van der Waals surface area contributed by atoms with Crippen molar-refractivity contribution in [3.05, 3.63) is 51.3 Å². The van der Waals surface area contributed by atoms with E-state index in [4.69, 9.17) is 32.6 Å². The van der Waals surface area contributed by atoms with Crippen LogP contribution in [0.15, 0.2) is 33.9 Å². The smallest absolute Gasteiger partial charge is 0.133 e. The summed E-state index contributed by atoms with van der Waals surface area (Å²) in [7, 11) is 1.51. The highest BCUT2D eigenvalue weighted by atomic mass is 35.5. The zero-order valence-electron chi connectivity index (χ0n) is 11.2. The molecule has 0 unspecified atom stereocenters. The molecule has 6 heteroatoms. The standard InChI is InChI=1S/C14H14Cl2N2O2/c1-9-7-11(17-20-9)4-6-14(18-19-2)10-3-5-12(15)13(16)8-10/h3,5,7-8H,4,6H2,1-2H3/b18-14+. The molecule has 0 bridgehead atoms. The van der Waals surface area contributed by atoms with E-state index in [0.29, 0.717) is 22.9 Å². The van der Waals surface area contributed by atoms with Gasteiger partial charge in [-0.2, -0.15) is 0 Å². The van der Waals surface area contributed by atoms with Gasteiger partial charge in [-0.05, 0) is 31.9 Å². The summed E-state index contributed by atoms with van der Waals surface area (Å²) in [5, 5.41) is 9.00. The average Bonchev–Trinajstić information content (AvgIpc) is 2.84. The predicted molar refractivity (Wildman–Crippen MR) is 79.6 cm³/mol. The van der Waals surface area contributed by atoms with Gasteiger partial charge in [-0.3, -0.25) is 0 Å². The number of rotatable bonds is 5. The van der Waals surface area contributed by atoms with Crippen LogP contribution < -0.4 is 0 Å². The number of benzene rings is 1. The Morgan fingerprint density at radius 2 is 2.10 bits per heavy atom. The zero-order valence-corrected chi connectivity index (χ0v) is 12.7. The summed E-state index contributed by atoms with van der Waals surface area (Å²) in [6.07, 6.45) is 1.37. The molecule has 0 N–H and O–H groups in total. The van der Waals surface area contributed by atoms with Crippen LogP contribution in [0.3, 0.4) is 0 Å². The van der Waals surface area contributed by atoms with Gasteiger partial charge < -0.3 is 9.36 Å². The molecule has 1 aromatic carbocycles. The topological polar surface area (TPSA) is 47.6 Å². The lowest BCUT2D eigenvalue weighted by atomic mass is 10.0. The van der Waals surface area contributed by atoms with Gasteiger partial charge in [0.1, 0.15) is 12.9 Å². The van der Waals surface area contributed by atoms with Crippen molar-refractivity contribution < 1.29 is 9.36 Å². The first-order valence-electron chi connectivity index (χ1n) is 6.08. The Bertz CT molecular complexity index is 623. The van der Waals surface area contributed by atoms with Crippen LogP contribution >= 0.6 is 23.2 Å². The van der Waals surface area contributed by atoms with Crippen LogP contribution in [0.25, 0.3) is 0 Å². The van der Waals surface area contributed by atoms with Crippen molar-refractivity contribution in [3.8, 4) is 0 Å². The van der Waals surface area contributed by atoms with E-state index in [1.54, 1.807) is 12.1 Å². The molecule has 4 nitrogen and oxygen atoms in total. The quantitative estimate of drug-likeness (QED) is 0.611. The molecule has 0 atom stereocenters. The van der Waals surface area contributed by atoms with E-state index >= 15 is 0 Å². The number of aryl methyl sites for hydroxylation is 2. The summed E-state index contributed by atoms with van der Waals surface area (Å²) in [6.45, 7) is 1.86. The first-order chi connectivity index (χ1) is 9.60. The fourth-order valence-electron chi connectivity index (χ4n) is 1.81. The second-order valence-corrected chi connectivity index (χ2v) is 5.09. The van der Waals surface area contributed by atoms with Gasteiger partial charge in [0.25, 0.3) is 0 Å². The summed E-state index contributed by atoms with van der Waals surface area (Å²) >= 11 is 11.9. The van der Waals surface area contributed by atoms with Gasteiger partial charge in [0.2, 0.25) is 0 Å². The van der Waals surface area contributed by atoms with Gasteiger partial charge in [-0.25, -0.2) is 0 Å². The van der Waals surface area contributed by atoms with Crippen LogP contribution in [0.5, 0.6) is 0 Å². The van der Waals surface area contributed by atoms with Crippen LogP contribution in [-0.4, -0.2) is 18.0 Å². The molecular formula is C14H14Cl2N2O2. The fourth-order valence-corrected chi connectivity index (χ4v) is 2.11. The maximum absolute atomic E-state index is 6.02. The molecule has 0 fully saturated rings. The highest BCUT2D eigenvalue weighted by Crippen LogP contribution is 2.23. The molecule has 0 radical (unpaired) electrons. The molecule has 20 heavy (non-hydrogen) atoms. The van der Waals surface area contributed by atoms with E-state index in [1.807, 2.05) is 19.1 Å². The summed E-state index contributed by atoms with van der Waals surface area (Å²) in [6, 6.07) is 7.28. The number of hydrogen-bond acceptors (Lipinski definition) is 4. The molecule has 2 rings (SSSR count). The third-order valence-corrected chi connectivity index (χ3v) is 3.49. The number of oxime groups is 1.